The van der Waals surface area contributed by atoms with Crippen LogP contribution >= 0.6 is 15.9 Å². The average Bonchev–Trinajstić information content (AvgIpc) is 3.05. The Kier molecular flexibility index (Phi) is 3.92. The number of nitrogens with one attached hydrogen (secondary N) is 1. The summed E-state index contributed by atoms with van der Waals surface area (Å²) in [6.45, 7) is 2.00. The lowest BCUT2D eigenvalue weighted by Gasteiger charge is -2.22. The van der Waals surface area contributed by atoms with Gasteiger partial charge in [-0.05, 0) is 30.3 Å². The highest BCUT2D eigenvalue weighted by atomic mass is 79.9. The molecule has 2 heterocycles. The van der Waals surface area contributed by atoms with E-state index in [4.69, 9.17) is 4.74 Å². The second kappa shape index (κ2) is 6.09. The van der Waals surface area contributed by atoms with Crippen LogP contribution in [0.3, 0.4) is 0 Å². The van der Waals surface area contributed by atoms with E-state index in [1.807, 2.05) is 0 Å². The number of carbonyl (C=O) groups is 1. The Morgan fingerprint density at radius 3 is 2.50 bits per heavy atom. The van der Waals surface area contributed by atoms with Gasteiger partial charge in [-0.25, -0.2) is 4.98 Å². The first-order valence-corrected chi connectivity index (χ1v) is 8.76. The molecular weight excluding hydrogens is 370 g/mol. The molecule has 1 amide bonds. The van der Waals surface area contributed by atoms with Crippen LogP contribution in [0.2, 0.25) is 0 Å². The second-order valence-electron chi connectivity index (χ2n) is 6.30. The van der Waals surface area contributed by atoms with Gasteiger partial charge < -0.3 is 15.0 Å². The number of ether oxygens (including phenoxy) is 1. The lowest BCUT2D eigenvalue weighted by molar-refractivity contribution is 0.0946. The lowest BCUT2D eigenvalue weighted by Crippen LogP contribution is -2.34. The summed E-state index contributed by atoms with van der Waals surface area (Å²) in [5.41, 5.74) is 1.82. The Labute approximate surface area is 149 Å². The van der Waals surface area contributed by atoms with Gasteiger partial charge in [0.25, 0.3) is 5.91 Å². The molecule has 1 aromatic heterocycles. The molecule has 2 unspecified atom stereocenters. The van der Waals surface area contributed by atoms with Crippen molar-refractivity contribution in [1.82, 2.24) is 10.3 Å². The molecule has 1 saturated carbocycles. The summed E-state index contributed by atoms with van der Waals surface area (Å²) < 4.78 is 6.10. The highest BCUT2D eigenvalue weighted by Gasteiger charge is 2.56. The van der Waals surface area contributed by atoms with Gasteiger partial charge in [-0.3, -0.25) is 4.79 Å². The van der Waals surface area contributed by atoms with Crippen molar-refractivity contribution in [2.75, 3.05) is 25.1 Å². The first-order valence-electron chi connectivity index (χ1n) is 7.97. The number of methoxy groups -OCH3 is 1. The van der Waals surface area contributed by atoms with Crippen LogP contribution < -0.4 is 15.0 Å². The highest BCUT2D eigenvalue weighted by molar-refractivity contribution is 9.10. The van der Waals surface area contributed by atoms with Gasteiger partial charge in [-0.1, -0.05) is 15.9 Å². The van der Waals surface area contributed by atoms with Crippen LogP contribution in [0.1, 0.15) is 10.4 Å². The summed E-state index contributed by atoms with van der Waals surface area (Å²) in [5, 5.41) is 3.14. The van der Waals surface area contributed by atoms with Crippen molar-refractivity contribution in [3.05, 3.63) is 52.6 Å². The molecule has 1 aromatic carbocycles. The number of carbonyl (C=O) groups excluding carboxylic acids is 1. The number of halogens is 1. The van der Waals surface area contributed by atoms with Gasteiger partial charge in [0.1, 0.15) is 0 Å². The molecule has 124 valence electrons. The molecule has 24 heavy (non-hydrogen) atoms. The molecule has 6 heteroatoms. The predicted molar refractivity (Wildman–Crippen MR) is 95.4 cm³/mol. The average molecular weight is 388 g/mol. The number of amides is 1. The van der Waals surface area contributed by atoms with Crippen LogP contribution in [0.25, 0.3) is 0 Å². The summed E-state index contributed by atoms with van der Waals surface area (Å²) in [7, 11) is 1.56. The molecule has 2 aliphatic rings. The standard InChI is InChI=1S/C18H18BrN3O2/c1-24-16-7-2-11(8-20-16)18(23)21-17-14-9-22(10-15(14)17)13-5-3-12(19)4-6-13/h2-8,14-15,17H,9-10H2,1H3,(H,21,23). The van der Waals surface area contributed by atoms with E-state index in [1.54, 1.807) is 25.4 Å². The van der Waals surface area contributed by atoms with E-state index in [0.717, 1.165) is 17.6 Å². The zero-order valence-corrected chi connectivity index (χ0v) is 14.9. The summed E-state index contributed by atoms with van der Waals surface area (Å²) in [6.07, 6.45) is 1.56. The van der Waals surface area contributed by atoms with Crippen LogP contribution in [0.4, 0.5) is 5.69 Å². The van der Waals surface area contributed by atoms with Crippen molar-refractivity contribution in [3.8, 4) is 5.88 Å². The van der Waals surface area contributed by atoms with E-state index in [-0.39, 0.29) is 11.9 Å². The van der Waals surface area contributed by atoms with Crippen molar-refractivity contribution in [1.29, 1.82) is 0 Å². The number of piperidine rings is 1. The van der Waals surface area contributed by atoms with Crippen LogP contribution in [0.15, 0.2) is 47.1 Å². The first kappa shape index (κ1) is 15.4. The van der Waals surface area contributed by atoms with Gasteiger partial charge in [0.05, 0.1) is 12.7 Å². The number of aromatic nitrogens is 1. The maximum absolute atomic E-state index is 12.3. The van der Waals surface area contributed by atoms with Gasteiger partial charge in [0, 0.05) is 53.4 Å². The molecule has 4 rings (SSSR count). The van der Waals surface area contributed by atoms with E-state index in [0.29, 0.717) is 23.3 Å². The Hall–Kier alpha value is -2.08. The van der Waals surface area contributed by atoms with Crippen LogP contribution in [0.5, 0.6) is 5.88 Å². The number of hydrogen-bond acceptors (Lipinski definition) is 4. The van der Waals surface area contributed by atoms with E-state index in [2.05, 4.69) is 55.4 Å². The maximum atomic E-state index is 12.3. The molecular formula is C18H18BrN3O2. The Morgan fingerprint density at radius 2 is 1.92 bits per heavy atom. The molecule has 5 nitrogen and oxygen atoms in total. The summed E-state index contributed by atoms with van der Waals surface area (Å²) >= 11 is 3.46. The second-order valence-corrected chi connectivity index (χ2v) is 7.21. The number of pyridine rings is 1. The smallest absolute Gasteiger partial charge is 0.253 e. The minimum atomic E-state index is -0.0558. The van der Waals surface area contributed by atoms with Crippen molar-refractivity contribution >= 4 is 27.5 Å². The van der Waals surface area contributed by atoms with Gasteiger partial charge in [-0.2, -0.15) is 0 Å². The fraction of sp³-hybridized carbons (Fsp3) is 0.333. The quantitative estimate of drug-likeness (QED) is 0.875. The number of fused-ring (bicyclic) bond motifs is 1. The lowest BCUT2D eigenvalue weighted by atomic mass is 10.2. The van der Waals surface area contributed by atoms with Gasteiger partial charge >= 0.3 is 0 Å². The van der Waals surface area contributed by atoms with Gasteiger partial charge in [0.15, 0.2) is 0 Å². The topological polar surface area (TPSA) is 54.5 Å². The summed E-state index contributed by atoms with van der Waals surface area (Å²) in [4.78, 5) is 18.8. The molecule has 1 aliphatic heterocycles. The van der Waals surface area contributed by atoms with Gasteiger partial charge in [0.2, 0.25) is 5.88 Å². The van der Waals surface area contributed by atoms with E-state index in [9.17, 15) is 4.79 Å². The summed E-state index contributed by atoms with van der Waals surface area (Å²) in [6, 6.07) is 12.1. The number of benzene rings is 1. The molecule has 2 fully saturated rings. The van der Waals surface area contributed by atoms with Crippen molar-refractivity contribution < 1.29 is 9.53 Å². The third-order valence-electron chi connectivity index (χ3n) is 4.89. The number of anilines is 1. The normalized spacial score (nSPS) is 24.4. The zero-order valence-electron chi connectivity index (χ0n) is 13.3. The van der Waals surface area contributed by atoms with E-state index in [1.165, 1.54) is 5.69 Å². The Bertz CT molecular complexity index is 736. The number of nitrogens with zero attached hydrogens (tertiary/aromatic N) is 2. The minimum Gasteiger partial charge on any atom is -0.481 e. The molecule has 1 aliphatic carbocycles. The molecule has 0 spiro atoms. The zero-order chi connectivity index (χ0) is 16.7. The first-order chi connectivity index (χ1) is 11.7. The third kappa shape index (κ3) is 2.86. The predicted octanol–water partition coefficient (Wildman–Crippen LogP) is 2.72. The third-order valence-corrected chi connectivity index (χ3v) is 5.42. The van der Waals surface area contributed by atoms with E-state index < -0.39 is 0 Å². The molecule has 0 radical (unpaired) electrons. The van der Waals surface area contributed by atoms with Crippen LogP contribution in [-0.4, -0.2) is 37.1 Å². The van der Waals surface area contributed by atoms with Crippen molar-refractivity contribution in [2.24, 2.45) is 11.8 Å². The molecule has 1 saturated heterocycles. The van der Waals surface area contributed by atoms with Crippen LogP contribution in [0, 0.1) is 11.8 Å². The van der Waals surface area contributed by atoms with Crippen molar-refractivity contribution in [3.63, 3.8) is 0 Å². The molecule has 1 N–H and O–H groups in total. The highest BCUT2D eigenvalue weighted by Crippen LogP contribution is 2.46. The molecule has 2 atom stereocenters. The number of rotatable bonds is 4. The fourth-order valence-electron chi connectivity index (χ4n) is 3.47. The Morgan fingerprint density at radius 1 is 1.21 bits per heavy atom. The maximum Gasteiger partial charge on any atom is 0.253 e. The largest absolute Gasteiger partial charge is 0.481 e. The van der Waals surface area contributed by atoms with E-state index >= 15 is 0 Å². The van der Waals surface area contributed by atoms with Crippen LogP contribution in [-0.2, 0) is 0 Å². The summed E-state index contributed by atoms with van der Waals surface area (Å²) in [5.74, 6) is 1.55. The SMILES string of the molecule is COc1ccc(C(=O)NC2C3CN(c4ccc(Br)cc4)CC32)cn1. The molecule has 2 aromatic rings. The number of hydrogen-bond donors (Lipinski definition) is 1. The van der Waals surface area contributed by atoms with Crippen molar-refractivity contribution in [2.45, 2.75) is 6.04 Å². The monoisotopic (exact) mass is 387 g/mol. The minimum absolute atomic E-state index is 0.0558. The van der Waals surface area contributed by atoms with Gasteiger partial charge in [-0.15, -0.1) is 0 Å². The Balaban J connectivity index is 1.33. The fourth-order valence-corrected chi connectivity index (χ4v) is 3.74. The molecule has 0 bridgehead atoms.